The van der Waals surface area contributed by atoms with Crippen LogP contribution in [0.3, 0.4) is 0 Å². The molecule has 0 bridgehead atoms. The number of rotatable bonds is 19. The van der Waals surface area contributed by atoms with E-state index in [1.807, 2.05) is 13.8 Å². The molecule has 0 aliphatic heterocycles. The highest BCUT2D eigenvalue weighted by Crippen LogP contribution is 2.14. The van der Waals surface area contributed by atoms with Crippen LogP contribution in [0.4, 0.5) is 0 Å². The fraction of sp³-hybridized carbons (Fsp3) is 0.875. The molecule has 0 aromatic rings. The lowest BCUT2D eigenvalue weighted by atomic mass is 10.1. The van der Waals surface area contributed by atoms with Gasteiger partial charge >= 0.3 is 0 Å². The monoisotopic (exact) mass is 397 g/mol. The molecule has 0 heterocycles. The smallest absolute Gasteiger partial charge is 0.226 e. The number of aliphatic hydroxyl groups is 2. The molecule has 2 unspecified atom stereocenters. The molecule has 0 aromatic carbocycles. The lowest BCUT2D eigenvalue weighted by Crippen LogP contribution is -2.46. The van der Waals surface area contributed by atoms with Crippen LogP contribution in [0.5, 0.6) is 0 Å². The van der Waals surface area contributed by atoms with E-state index in [2.05, 4.69) is 19.1 Å². The van der Waals surface area contributed by atoms with E-state index < -0.39 is 12.5 Å². The number of nitrogens with zero attached hydrogens (tertiary/aromatic N) is 1. The van der Waals surface area contributed by atoms with E-state index in [4.69, 9.17) is 0 Å². The summed E-state index contributed by atoms with van der Waals surface area (Å²) in [6.07, 6.45) is 20.2. The van der Waals surface area contributed by atoms with Crippen molar-refractivity contribution in [3.63, 3.8) is 0 Å². The zero-order chi connectivity index (χ0) is 21.0. The first kappa shape index (κ1) is 27.1. The molecular weight excluding hydrogens is 350 g/mol. The quantitative estimate of drug-likeness (QED) is 0.152. The van der Waals surface area contributed by atoms with Gasteiger partial charge in [0.2, 0.25) is 5.91 Å². The van der Waals surface area contributed by atoms with Gasteiger partial charge in [-0.2, -0.15) is 0 Å². The second kappa shape index (κ2) is 19.4. The average molecular weight is 398 g/mol. The van der Waals surface area contributed by atoms with Gasteiger partial charge in [-0.25, -0.2) is 0 Å². The van der Waals surface area contributed by atoms with E-state index in [9.17, 15) is 15.0 Å². The molecule has 0 aromatic heterocycles. The van der Waals surface area contributed by atoms with Crippen LogP contribution in [-0.4, -0.2) is 33.5 Å². The van der Waals surface area contributed by atoms with E-state index in [1.165, 1.54) is 62.7 Å². The van der Waals surface area contributed by atoms with E-state index in [0.29, 0.717) is 19.3 Å². The SMILES string of the molecule is CCCCCCCC/C=C\CCCCCCCC(=O)N(C(O)CC)C(O)CC. The van der Waals surface area contributed by atoms with Crippen LogP contribution in [-0.2, 0) is 4.79 Å². The summed E-state index contributed by atoms with van der Waals surface area (Å²) < 4.78 is 0. The number of aliphatic hydroxyl groups excluding tert-OH is 2. The molecule has 0 saturated carbocycles. The number of unbranched alkanes of at least 4 members (excludes halogenated alkanes) is 11. The molecule has 4 nitrogen and oxygen atoms in total. The molecule has 0 aliphatic rings. The van der Waals surface area contributed by atoms with Gasteiger partial charge in [0.15, 0.2) is 0 Å². The summed E-state index contributed by atoms with van der Waals surface area (Å²) in [5.41, 5.74) is 0. The normalized spacial score (nSPS) is 13.8. The van der Waals surface area contributed by atoms with Gasteiger partial charge < -0.3 is 10.2 Å². The first-order chi connectivity index (χ1) is 13.6. The number of hydrogen-bond donors (Lipinski definition) is 2. The molecule has 0 spiro atoms. The maximum atomic E-state index is 12.3. The molecule has 0 rings (SSSR count). The molecule has 28 heavy (non-hydrogen) atoms. The van der Waals surface area contributed by atoms with Gasteiger partial charge in [0.05, 0.1) is 0 Å². The number of allylic oxidation sites excluding steroid dienone is 2. The van der Waals surface area contributed by atoms with Crippen LogP contribution in [0.15, 0.2) is 12.2 Å². The summed E-state index contributed by atoms with van der Waals surface area (Å²) in [5, 5.41) is 19.9. The Morgan fingerprint density at radius 3 is 1.61 bits per heavy atom. The highest BCUT2D eigenvalue weighted by Gasteiger charge is 2.25. The highest BCUT2D eigenvalue weighted by atomic mass is 16.3. The molecule has 2 atom stereocenters. The summed E-state index contributed by atoms with van der Waals surface area (Å²) in [6, 6.07) is 0. The van der Waals surface area contributed by atoms with Crippen molar-refractivity contribution >= 4 is 5.91 Å². The number of carbonyl (C=O) groups excluding carboxylic acids is 1. The highest BCUT2D eigenvalue weighted by molar-refractivity contribution is 5.76. The fourth-order valence-corrected chi connectivity index (χ4v) is 3.40. The fourth-order valence-electron chi connectivity index (χ4n) is 3.40. The minimum Gasteiger partial charge on any atom is -0.373 e. The van der Waals surface area contributed by atoms with E-state index in [-0.39, 0.29) is 5.91 Å². The summed E-state index contributed by atoms with van der Waals surface area (Å²) in [4.78, 5) is 13.5. The summed E-state index contributed by atoms with van der Waals surface area (Å²) in [5.74, 6) is -0.138. The van der Waals surface area contributed by atoms with E-state index in [1.54, 1.807) is 0 Å². The second-order valence-electron chi connectivity index (χ2n) is 7.91. The maximum absolute atomic E-state index is 12.3. The van der Waals surface area contributed by atoms with Gasteiger partial charge in [0, 0.05) is 6.42 Å². The minimum atomic E-state index is -0.884. The Morgan fingerprint density at radius 1 is 0.714 bits per heavy atom. The van der Waals surface area contributed by atoms with E-state index in [0.717, 1.165) is 25.7 Å². The summed E-state index contributed by atoms with van der Waals surface area (Å²) in [7, 11) is 0. The van der Waals surface area contributed by atoms with Crippen molar-refractivity contribution in [3.8, 4) is 0 Å². The minimum absolute atomic E-state index is 0.138. The lowest BCUT2D eigenvalue weighted by molar-refractivity contribution is -0.161. The number of carbonyl (C=O) groups is 1. The van der Waals surface area contributed by atoms with Crippen LogP contribution in [0, 0.1) is 0 Å². The van der Waals surface area contributed by atoms with Crippen molar-refractivity contribution in [2.24, 2.45) is 0 Å². The zero-order valence-electron chi connectivity index (χ0n) is 18.9. The third-order valence-electron chi connectivity index (χ3n) is 5.31. The summed E-state index contributed by atoms with van der Waals surface area (Å²) in [6.45, 7) is 5.89. The van der Waals surface area contributed by atoms with Gasteiger partial charge in [0.1, 0.15) is 12.5 Å². The van der Waals surface area contributed by atoms with Gasteiger partial charge in [-0.05, 0) is 44.9 Å². The first-order valence-corrected chi connectivity index (χ1v) is 11.9. The molecular formula is C24H47NO3. The van der Waals surface area contributed by atoms with Gasteiger partial charge in [-0.3, -0.25) is 9.69 Å². The van der Waals surface area contributed by atoms with Crippen molar-refractivity contribution in [2.45, 2.75) is 136 Å². The molecule has 0 radical (unpaired) electrons. The van der Waals surface area contributed by atoms with Gasteiger partial charge in [-0.1, -0.05) is 84.3 Å². The molecule has 0 aliphatic carbocycles. The number of amides is 1. The van der Waals surface area contributed by atoms with Crippen LogP contribution >= 0.6 is 0 Å². The zero-order valence-corrected chi connectivity index (χ0v) is 18.9. The van der Waals surface area contributed by atoms with Crippen LogP contribution < -0.4 is 0 Å². The number of hydrogen-bond acceptors (Lipinski definition) is 3. The Morgan fingerprint density at radius 2 is 1.14 bits per heavy atom. The van der Waals surface area contributed by atoms with Crippen molar-refractivity contribution in [1.29, 1.82) is 0 Å². The molecule has 0 fully saturated rings. The van der Waals surface area contributed by atoms with Crippen LogP contribution in [0.2, 0.25) is 0 Å². The van der Waals surface area contributed by atoms with Gasteiger partial charge in [0.25, 0.3) is 0 Å². The van der Waals surface area contributed by atoms with Crippen molar-refractivity contribution in [1.82, 2.24) is 4.90 Å². The average Bonchev–Trinajstić information content (AvgIpc) is 2.70. The van der Waals surface area contributed by atoms with Crippen molar-refractivity contribution in [2.75, 3.05) is 0 Å². The standard InChI is InChI=1S/C24H47NO3/c1-4-7-8-9-10-11-12-13-14-15-16-17-18-19-20-21-24(28)25(22(26)5-2)23(27)6-3/h13-14,22-23,26-27H,4-12,15-21H2,1-3H3/b14-13-. The lowest BCUT2D eigenvalue weighted by Gasteiger charge is -2.31. The second-order valence-corrected chi connectivity index (χ2v) is 7.91. The van der Waals surface area contributed by atoms with Crippen molar-refractivity contribution in [3.05, 3.63) is 12.2 Å². The van der Waals surface area contributed by atoms with Crippen molar-refractivity contribution < 1.29 is 15.0 Å². The third kappa shape index (κ3) is 14.2. The van der Waals surface area contributed by atoms with Crippen LogP contribution in [0.25, 0.3) is 0 Å². The Labute approximate surface area is 174 Å². The Balaban J connectivity index is 3.62. The molecule has 1 amide bonds. The maximum Gasteiger partial charge on any atom is 0.226 e. The van der Waals surface area contributed by atoms with Gasteiger partial charge in [-0.15, -0.1) is 0 Å². The molecule has 0 saturated heterocycles. The molecule has 4 heteroatoms. The Hall–Kier alpha value is -0.870. The first-order valence-electron chi connectivity index (χ1n) is 11.9. The topological polar surface area (TPSA) is 60.8 Å². The predicted molar refractivity (Wildman–Crippen MR) is 119 cm³/mol. The third-order valence-corrected chi connectivity index (χ3v) is 5.31. The Bertz CT molecular complexity index is 374. The Kier molecular flexibility index (Phi) is 18.8. The predicted octanol–water partition coefficient (Wildman–Crippen LogP) is 6.31. The molecule has 2 N–H and O–H groups in total. The largest absolute Gasteiger partial charge is 0.373 e. The molecule has 166 valence electrons. The van der Waals surface area contributed by atoms with E-state index >= 15 is 0 Å². The van der Waals surface area contributed by atoms with Crippen LogP contribution in [0.1, 0.15) is 124 Å². The summed E-state index contributed by atoms with van der Waals surface area (Å²) >= 11 is 0.